The summed E-state index contributed by atoms with van der Waals surface area (Å²) in [6, 6.07) is 0. The molecular weight excluding hydrogens is 330 g/mol. The summed E-state index contributed by atoms with van der Waals surface area (Å²) in [5, 5.41) is 10.8. The van der Waals surface area contributed by atoms with Crippen LogP contribution < -0.4 is 5.56 Å². The lowest BCUT2D eigenvalue weighted by molar-refractivity contribution is -0.130. The maximum absolute atomic E-state index is 12.9. The molecule has 7 nitrogen and oxygen atoms in total. The number of aromatic carboxylic acids is 1. The first-order chi connectivity index (χ1) is 11.4. The van der Waals surface area contributed by atoms with Crippen LogP contribution >= 0.6 is 11.3 Å². The van der Waals surface area contributed by atoms with Gasteiger partial charge in [-0.15, -0.1) is 11.3 Å². The Balaban J connectivity index is 2.12. The number of likely N-dealkylation sites (tertiary alicyclic amines) is 1. The van der Waals surface area contributed by atoms with E-state index in [0.717, 1.165) is 24.2 Å². The Morgan fingerprint density at radius 1 is 1.33 bits per heavy atom. The molecule has 1 aliphatic heterocycles. The van der Waals surface area contributed by atoms with Gasteiger partial charge >= 0.3 is 5.97 Å². The van der Waals surface area contributed by atoms with Crippen LogP contribution in [0.3, 0.4) is 0 Å². The molecule has 1 amide bonds. The summed E-state index contributed by atoms with van der Waals surface area (Å²) in [5.41, 5.74) is -0.500. The van der Waals surface area contributed by atoms with Gasteiger partial charge < -0.3 is 10.0 Å². The van der Waals surface area contributed by atoms with E-state index in [1.165, 1.54) is 9.95 Å². The summed E-state index contributed by atoms with van der Waals surface area (Å²) in [4.78, 5) is 43.3. The highest BCUT2D eigenvalue weighted by Gasteiger charge is 2.24. The maximum atomic E-state index is 12.9. The van der Waals surface area contributed by atoms with Crippen LogP contribution in [0.2, 0.25) is 0 Å². The van der Waals surface area contributed by atoms with E-state index < -0.39 is 11.5 Å². The van der Waals surface area contributed by atoms with Crippen LogP contribution in [0.4, 0.5) is 0 Å². The predicted octanol–water partition coefficient (Wildman–Crippen LogP) is 1.90. The van der Waals surface area contributed by atoms with Crippen LogP contribution in [-0.2, 0) is 11.3 Å². The second-order valence-electron chi connectivity index (χ2n) is 6.24. The first-order valence-electron chi connectivity index (χ1n) is 7.93. The van der Waals surface area contributed by atoms with Crippen molar-refractivity contribution in [1.82, 2.24) is 14.5 Å². The molecule has 0 radical (unpaired) electrons. The molecule has 2 aromatic heterocycles. The van der Waals surface area contributed by atoms with Crippen molar-refractivity contribution < 1.29 is 14.7 Å². The summed E-state index contributed by atoms with van der Waals surface area (Å²) in [5.74, 6) is -0.817. The minimum Gasteiger partial charge on any atom is -0.478 e. The molecule has 8 heteroatoms. The average molecular weight is 349 g/mol. The molecule has 24 heavy (non-hydrogen) atoms. The Morgan fingerprint density at radius 2 is 2.00 bits per heavy atom. The second kappa shape index (κ2) is 6.35. The lowest BCUT2D eigenvalue weighted by Gasteiger charge is -2.19. The molecule has 0 aliphatic carbocycles. The molecule has 128 valence electrons. The van der Waals surface area contributed by atoms with Gasteiger partial charge in [-0.1, -0.05) is 13.8 Å². The van der Waals surface area contributed by atoms with E-state index in [0.29, 0.717) is 23.7 Å². The molecule has 0 spiro atoms. The monoisotopic (exact) mass is 349 g/mol. The fourth-order valence-corrected chi connectivity index (χ4v) is 3.90. The number of aromatic nitrogens is 2. The van der Waals surface area contributed by atoms with E-state index in [1.54, 1.807) is 4.90 Å². The van der Waals surface area contributed by atoms with Crippen molar-refractivity contribution in [3.05, 3.63) is 27.1 Å². The second-order valence-corrected chi connectivity index (χ2v) is 7.10. The van der Waals surface area contributed by atoms with Gasteiger partial charge in [0.15, 0.2) is 0 Å². The van der Waals surface area contributed by atoms with Gasteiger partial charge in [0.2, 0.25) is 5.91 Å². The number of fused-ring (bicyclic) bond motifs is 1. The average Bonchev–Trinajstić information content (AvgIpc) is 3.18. The van der Waals surface area contributed by atoms with Gasteiger partial charge in [-0.2, -0.15) is 0 Å². The standard InChI is InChI=1S/C16H19N3O4S/c1-9(2)13-17-14-12(10(8-24-14)16(22)23)15(21)19(13)7-11(20)18-5-3-4-6-18/h8-9H,3-7H2,1-2H3,(H,22,23). The fraction of sp³-hybridized carbons (Fsp3) is 0.500. The third-order valence-electron chi connectivity index (χ3n) is 4.22. The number of amides is 1. The van der Waals surface area contributed by atoms with E-state index >= 15 is 0 Å². The number of hydrogen-bond acceptors (Lipinski definition) is 5. The molecule has 0 bridgehead atoms. The Kier molecular flexibility index (Phi) is 4.40. The van der Waals surface area contributed by atoms with Crippen molar-refractivity contribution in [1.29, 1.82) is 0 Å². The Morgan fingerprint density at radius 3 is 2.58 bits per heavy atom. The molecule has 0 aromatic carbocycles. The molecule has 1 saturated heterocycles. The summed E-state index contributed by atoms with van der Waals surface area (Å²) in [6.07, 6.45) is 1.95. The first kappa shape index (κ1) is 16.6. The predicted molar refractivity (Wildman–Crippen MR) is 90.7 cm³/mol. The minimum atomic E-state index is -1.16. The third-order valence-corrected chi connectivity index (χ3v) is 5.09. The molecule has 0 unspecified atom stereocenters. The van der Waals surface area contributed by atoms with Crippen LogP contribution in [0.1, 0.15) is 48.8 Å². The summed E-state index contributed by atoms with van der Waals surface area (Å²) in [7, 11) is 0. The van der Waals surface area contributed by atoms with Gasteiger partial charge in [-0.25, -0.2) is 9.78 Å². The van der Waals surface area contributed by atoms with E-state index in [2.05, 4.69) is 4.98 Å². The maximum Gasteiger partial charge on any atom is 0.337 e. The molecule has 3 heterocycles. The smallest absolute Gasteiger partial charge is 0.337 e. The van der Waals surface area contributed by atoms with Gasteiger partial charge in [0.05, 0.1) is 10.9 Å². The highest BCUT2D eigenvalue weighted by molar-refractivity contribution is 7.17. The van der Waals surface area contributed by atoms with Crippen molar-refractivity contribution in [2.24, 2.45) is 0 Å². The minimum absolute atomic E-state index is 0.0508. The first-order valence-corrected chi connectivity index (χ1v) is 8.81. The number of carbonyl (C=O) groups excluding carboxylic acids is 1. The zero-order chi connectivity index (χ0) is 17.4. The van der Waals surface area contributed by atoms with Crippen LogP contribution in [0.25, 0.3) is 10.2 Å². The molecule has 0 saturated carbocycles. The normalized spacial score (nSPS) is 14.7. The highest BCUT2D eigenvalue weighted by Crippen LogP contribution is 2.24. The van der Waals surface area contributed by atoms with Crippen LogP contribution in [0.15, 0.2) is 10.2 Å². The Bertz CT molecular complexity index is 862. The number of thiophene rings is 1. The highest BCUT2D eigenvalue weighted by atomic mass is 32.1. The number of carboxylic acids is 1. The van der Waals surface area contributed by atoms with Crippen molar-refractivity contribution in [3.63, 3.8) is 0 Å². The Labute approximate surface area is 142 Å². The molecular formula is C16H19N3O4S. The van der Waals surface area contributed by atoms with Crippen LogP contribution in [-0.4, -0.2) is 44.5 Å². The molecule has 3 rings (SSSR count). The summed E-state index contributed by atoms with van der Waals surface area (Å²) in [6.45, 7) is 5.12. The zero-order valence-corrected chi connectivity index (χ0v) is 14.4. The number of carboxylic acid groups (broad SMARTS) is 1. The van der Waals surface area contributed by atoms with Crippen molar-refractivity contribution in [3.8, 4) is 0 Å². The topological polar surface area (TPSA) is 92.5 Å². The molecule has 0 atom stereocenters. The van der Waals surface area contributed by atoms with E-state index in [4.69, 9.17) is 0 Å². The number of rotatable bonds is 4. The molecule has 1 fully saturated rings. The van der Waals surface area contributed by atoms with Gasteiger partial charge in [0, 0.05) is 24.4 Å². The van der Waals surface area contributed by atoms with Crippen molar-refractivity contribution >= 4 is 33.4 Å². The zero-order valence-electron chi connectivity index (χ0n) is 13.6. The number of carbonyl (C=O) groups is 2. The van der Waals surface area contributed by atoms with Gasteiger partial charge in [-0.3, -0.25) is 14.2 Å². The van der Waals surface area contributed by atoms with Crippen LogP contribution in [0.5, 0.6) is 0 Å². The van der Waals surface area contributed by atoms with Crippen molar-refractivity contribution in [2.45, 2.75) is 39.2 Å². The summed E-state index contributed by atoms with van der Waals surface area (Å²) < 4.78 is 1.34. The lowest BCUT2D eigenvalue weighted by atomic mass is 10.2. The molecule has 1 N–H and O–H groups in total. The van der Waals surface area contributed by atoms with Gasteiger partial charge in [0.25, 0.3) is 5.56 Å². The van der Waals surface area contributed by atoms with Gasteiger partial charge in [0.1, 0.15) is 17.2 Å². The summed E-state index contributed by atoms with van der Waals surface area (Å²) >= 11 is 1.14. The number of hydrogen-bond donors (Lipinski definition) is 1. The largest absolute Gasteiger partial charge is 0.478 e. The van der Waals surface area contributed by atoms with E-state index in [1.807, 2.05) is 13.8 Å². The van der Waals surface area contributed by atoms with Gasteiger partial charge in [-0.05, 0) is 12.8 Å². The molecule has 2 aromatic rings. The fourth-order valence-electron chi connectivity index (χ4n) is 2.99. The quantitative estimate of drug-likeness (QED) is 0.910. The molecule has 1 aliphatic rings. The van der Waals surface area contributed by atoms with E-state index in [-0.39, 0.29) is 29.3 Å². The van der Waals surface area contributed by atoms with E-state index in [9.17, 15) is 19.5 Å². The third kappa shape index (κ3) is 2.82. The lowest BCUT2D eigenvalue weighted by Crippen LogP contribution is -2.36. The number of nitrogens with zero attached hydrogens (tertiary/aromatic N) is 3. The van der Waals surface area contributed by atoms with Crippen molar-refractivity contribution in [2.75, 3.05) is 13.1 Å². The SMILES string of the molecule is CC(C)c1nc2scc(C(=O)O)c2c(=O)n1CC(=O)N1CCCC1. The van der Waals surface area contributed by atoms with Crippen LogP contribution in [0, 0.1) is 0 Å². The Hall–Kier alpha value is -2.22.